The number of nitro benzene ring substituents is 1. The summed E-state index contributed by atoms with van der Waals surface area (Å²) in [6.45, 7) is 5.43. The number of aryl methyl sites for hydroxylation is 2. The van der Waals surface area contributed by atoms with Crippen LogP contribution in [0.4, 0.5) is 5.69 Å². The molecule has 2 aromatic rings. The first-order valence-electron chi connectivity index (χ1n) is 8.48. The molecule has 148 valence electrons. The summed E-state index contributed by atoms with van der Waals surface area (Å²) in [7, 11) is 0. The molecule has 28 heavy (non-hydrogen) atoms. The largest absolute Gasteiger partial charge is 0.504 e. The molecule has 0 bridgehead atoms. The quantitative estimate of drug-likeness (QED) is 0.408. The molecule has 2 N–H and O–H groups in total. The number of amides is 1. The van der Waals surface area contributed by atoms with E-state index in [1.807, 2.05) is 32.0 Å². The van der Waals surface area contributed by atoms with Crippen LogP contribution in [-0.2, 0) is 4.79 Å². The number of phenolic OH excluding ortho intramolecular Hbond substituents is 1. The van der Waals surface area contributed by atoms with Crippen LogP contribution in [0, 0.1) is 24.0 Å². The highest BCUT2D eigenvalue weighted by Crippen LogP contribution is 2.33. The summed E-state index contributed by atoms with van der Waals surface area (Å²) in [4.78, 5) is 22.3. The van der Waals surface area contributed by atoms with E-state index in [-0.39, 0.29) is 36.0 Å². The van der Waals surface area contributed by atoms with Crippen LogP contribution in [0.25, 0.3) is 0 Å². The lowest BCUT2D eigenvalue weighted by Crippen LogP contribution is -2.24. The number of carbonyl (C=O) groups is 1. The minimum atomic E-state index is -0.615. The van der Waals surface area contributed by atoms with Crippen molar-refractivity contribution >= 4 is 17.8 Å². The van der Waals surface area contributed by atoms with Crippen molar-refractivity contribution in [3.8, 4) is 17.2 Å². The zero-order valence-corrected chi connectivity index (χ0v) is 15.8. The summed E-state index contributed by atoms with van der Waals surface area (Å²) in [6.07, 6.45) is 1.10. The maximum absolute atomic E-state index is 11.9. The predicted octanol–water partition coefficient (Wildman–Crippen LogP) is 2.85. The number of ether oxygens (including phenoxy) is 2. The fourth-order valence-electron chi connectivity index (χ4n) is 2.30. The molecule has 0 aromatic heterocycles. The van der Waals surface area contributed by atoms with Crippen molar-refractivity contribution in [2.45, 2.75) is 20.8 Å². The van der Waals surface area contributed by atoms with Crippen molar-refractivity contribution in [3.63, 3.8) is 0 Å². The molecule has 0 saturated heterocycles. The molecule has 0 aliphatic heterocycles. The van der Waals surface area contributed by atoms with Crippen LogP contribution in [0.15, 0.2) is 35.4 Å². The number of phenols is 1. The summed E-state index contributed by atoms with van der Waals surface area (Å²) < 4.78 is 10.6. The van der Waals surface area contributed by atoms with Crippen LogP contribution < -0.4 is 14.9 Å². The van der Waals surface area contributed by atoms with Gasteiger partial charge in [0.05, 0.1) is 23.8 Å². The van der Waals surface area contributed by atoms with Crippen molar-refractivity contribution in [3.05, 3.63) is 57.1 Å². The summed E-state index contributed by atoms with van der Waals surface area (Å²) in [6, 6.07) is 7.89. The molecule has 2 aromatic carbocycles. The van der Waals surface area contributed by atoms with E-state index in [1.165, 1.54) is 0 Å². The number of non-ortho nitro benzene ring substituents is 1. The Bertz CT molecular complexity index is 911. The Labute approximate surface area is 161 Å². The first-order chi connectivity index (χ1) is 13.3. The molecule has 0 aliphatic carbocycles. The number of carbonyl (C=O) groups excluding carboxylic acids is 1. The second-order valence-corrected chi connectivity index (χ2v) is 5.92. The Morgan fingerprint density at radius 1 is 1.25 bits per heavy atom. The maximum atomic E-state index is 11.9. The first-order valence-corrected chi connectivity index (χ1v) is 8.48. The first kappa shape index (κ1) is 20.7. The van der Waals surface area contributed by atoms with E-state index in [4.69, 9.17) is 9.47 Å². The highest BCUT2D eigenvalue weighted by atomic mass is 16.6. The van der Waals surface area contributed by atoms with Gasteiger partial charge in [-0.1, -0.05) is 12.1 Å². The number of nitrogens with one attached hydrogen (secondary N) is 1. The van der Waals surface area contributed by atoms with Gasteiger partial charge < -0.3 is 14.6 Å². The van der Waals surface area contributed by atoms with Gasteiger partial charge in [0.15, 0.2) is 18.1 Å². The number of aromatic hydroxyl groups is 1. The minimum Gasteiger partial charge on any atom is -0.504 e. The van der Waals surface area contributed by atoms with Gasteiger partial charge in [-0.15, -0.1) is 0 Å². The fraction of sp³-hybridized carbons (Fsp3) is 0.263. The monoisotopic (exact) mass is 387 g/mol. The van der Waals surface area contributed by atoms with Crippen molar-refractivity contribution < 1.29 is 24.3 Å². The number of nitro groups is 1. The van der Waals surface area contributed by atoms with Gasteiger partial charge in [0, 0.05) is 11.6 Å². The molecule has 0 heterocycles. The number of hydrogen-bond acceptors (Lipinski definition) is 7. The van der Waals surface area contributed by atoms with Crippen LogP contribution >= 0.6 is 0 Å². The number of benzene rings is 2. The molecular formula is C19H21N3O6. The van der Waals surface area contributed by atoms with Crippen LogP contribution in [0.2, 0.25) is 0 Å². The molecular weight excluding hydrogens is 366 g/mol. The fourth-order valence-corrected chi connectivity index (χ4v) is 2.30. The van der Waals surface area contributed by atoms with Crippen molar-refractivity contribution in [2.24, 2.45) is 5.10 Å². The van der Waals surface area contributed by atoms with Crippen LogP contribution in [-0.4, -0.2) is 35.4 Å². The molecule has 0 unspecified atom stereocenters. The lowest BCUT2D eigenvalue weighted by atomic mass is 10.1. The lowest BCUT2D eigenvalue weighted by Gasteiger charge is -2.09. The topological polar surface area (TPSA) is 123 Å². The Balaban J connectivity index is 2.04. The van der Waals surface area contributed by atoms with Gasteiger partial charge in [0.1, 0.15) is 5.75 Å². The zero-order chi connectivity index (χ0) is 20.7. The van der Waals surface area contributed by atoms with Crippen LogP contribution in [0.1, 0.15) is 23.6 Å². The van der Waals surface area contributed by atoms with Crippen molar-refractivity contribution in [1.82, 2.24) is 5.43 Å². The van der Waals surface area contributed by atoms with E-state index in [0.29, 0.717) is 5.75 Å². The highest BCUT2D eigenvalue weighted by molar-refractivity contribution is 5.87. The van der Waals surface area contributed by atoms with E-state index < -0.39 is 10.8 Å². The third-order valence-electron chi connectivity index (χ3n) is 3.70. The van der Waals surface area contributed by atoms with Gasteiger partial charge in [-0.3, -0.25) is 14.9 Å². The van der Waals surface area contributed by atoms with Gasteiger partial charge in [0.2, 0.25) is 0 Å². The lowest BCUT2D eigenvalue weighted by molar-refractivity contribution is -0.385. The van der Waals surface area contributed by atoms with Gasteiger partial charge in [0.25, 0.3) is 11.6 Å². The molecule has 0 atom stereocenters. The van der Waals surface area contributed by atoms with E-state index in [2.05, 4.69) is 10.5 Å². The minimum absolute atomic E-state index is 0.0356. The molecule has 0 saturated carbocycles. The Kier molecular flexibility index (Phi) is 6.91. The Morgan fingerprint density at radius 2 is 2.00 bits per heavy atom. The van der Waals surface area contributed by atoms with Gasteiger partial charge in [-0.25, -0.2) is 5.43 Å². The third kappa shape index (κ3) is 5.44. The zero-order valence-electron chi connectivity index (χ0n) is 15.8. The normalized spacial score (nSPS) is 10.7. The average Bonchev–Trinajstić information content (AvgIpc) is 2.65. The van der Waals surface area contributed by atoms with Crippen molar-refractivity contribution in [2.75, 3.05) is 13.2 Å². The summed E-state index contributed by atoms with van der Waals surface area (Å²) in [5.41, 5.74) is 3.91. The molecule has 2 rings (SSSR count). The molecule has 0 spiro atoms. The van der Waals surface area contributed by atoms with Gasteiger partial charge in [-0.05, 0) is 38.0 Å². The summed E-state index contributed by atoms with van der Waals surface area (Å²) >= 11 is 0. The molecule has 9 nitrogen and oxygen atoms in total. The van der Waals surface area contributed by atoms with E-state index in [1.54, 1.807) is 6.92 Å². The standard InChI is InChI=1S/C19H21N3O6/c1-4-27-17-9-15(22(25)26)8-14(19(17)24)10-20-21-18(23)11-28-16-7-12(2)5-6-13(16)3/h5-10,24H,4,11H2,1-3H3,(H,21,23)/b20-10+. The highest BCUT2D eigenvalue weighted by Gasteiger charge is 2.16. The van der Waals surface area contributed by atoms with Crippen LogP contribution in [0.3, 0.4) is 0 Å². The SMILES string of the molecule is CCOc1cc([N+](=O)[O-])cc(/C=N/NC(=O)COc2cc(C)ccc2C)c1O. The smallest absolute Gasteiger partial charge is 0.277 e. The van der Waals surface area contributed by atoms with Crippen molar-refractivity contribution in [1.29, 1.82) is 0 Å². The Hall–Kier alpha value is -3.62. The second kappa shape index (κ2) is 9.36. The summed E-state index contributed by atoms with van der Waals surface area (Å²) in [5.74, 6) is -0.274. The Morgan fingerprint density at radius 3 is 2.68 bits per heavy atom. The van der Waals surface area contributed by atoms with E-state index in [0.717, 1.165) is 29.5 Å². The maximum Gasteiger partial charge on any atom is 0.277 e. The molecule has 9 heteroatoms. The second-order valence-electron chi connectivity index (χ2n) is 5.92. The number of rotatable bonds is 8. The molecule has 1 amide bonds. The molecule has 0 fully saturated rings. The van der Waals surface area contributed by atoms with E-state index in [9.17, 15) is 20.0 Å². The number of hydrazone groups is 1. The molecule has 0 aliphatic rings. The molecule has 0 radical (unpaired) electrons. The number of nitrogens with zero attached hydrogens (tertiary/aromatic N) is 2. The average molecular weight is 387 g/mol. The predicted molar refractivity (Wildman–Crippen MR) is 103 cm³/mol. The number of hydrogen-bond donors (Lipinski definition) is 2. The van der Waals surface area contributed by atoms with Crippen LogP contribution in [0.5, 0.6) is 17.2 Å². The van der Waals surface area contributed by atoms with Gasteiger partial charge >= 0.3 is 0 Å². The third-order valence-corrected chi connectivity index (χ3v) is 3.70. The van der Waals surface area contributed by atoms with E-state index >= 15 is 0 Å². The van der Waals surface area contributed by atoms with Gasteiger partial charge in [-0.2, -0.15) is 5.10 Å². The summed E-state index contributed by atoms with van der Waals surface area (Å²) in [5, 5.41) is 24.8.